The molecule has 1 aliphatic heterocycles. The molecule has 2 rings (SSSR count). The maximum Gasteiger partial charge on any atom is 0.218 e. The lowest BCUT2D eigenvalue weighted by molar-refractivity contribution is -0.0171. The van der Waals surface area contributed by atoms with E-state index in [9.17, 15) is 8.42 Å². The summed E-state index contributed by atoms with van der Waals surface area (Å²) in [6, 6.07) is 6.89. The average Bonchev–Trinajstić information content (AvgIpc) is 2.41. The third-order valence-corrected chi connectivity index (χ3v) is 5.35. The maximum atomic E-state index is 12.5. The van der Waals surface area contributed by atoms with Crippen molar-refractivity contribution in [3.63, 3.8) is 0 Å². The van der Waals surface area contributed by atoms with Gasteiger partial charge in [-0.05, 0) is 25.0 Å². The van der Waals surface area contributed by atoms with Gasteiger partial charge in [0.15, 0.2) is 0 Å². The minimum atomic E-state index is -3.37. The first-order valence-electron chi connectivity index (χ1n) is 6.72. The largest absolute Gasteiger partial charge is 0.392 e. The molecule has 20 heavy (non-hydrogen) atoms. The van der Waals surface area contributed by atoms with E-state index in [1.54, 1.807) is 24.3 Å². The zero-order valence-electron chi connectivity index (χ0n) is 11.8. The van der Waals surface area contributed by atoms with E-state index < -0.39 is 10.0 Å². The number of ether oxygens (including phenoxy) is 1. The second-order valence-electron chi connectivity index (χ2n) is 5.30. The smallest absolute Gasteiger partial charge is 0.218 e. The molecule has 0 aliphatic carbocycles. The van der Waals surface area contributed by atoms with Crippen LogP contribution in [-0.2, 0) is 27.1 Å². The molecule has 0 saturated carbocycles. The van der Waals surface area contributed by atoms with Gasteiger partial charge >= 0.3 is 0 Å². The van der Waals surface area contributed by atoms with Crippen LogP contribution < -0.4 is 0 Å². The highest BCUT2D eigenvalue weighted by Crippen LogP contribution is 2.19. The van der Waals surface area contributed by atoms with Crippen molar-refractivity contribution >= 4 is 10.0 Å². The lowest BCUT2D eigenvalue weighted by Crippen LogP contribution is -2.50. The van der Waals surface area contributed by atoms with Crippen LogP contribution >= 0.6 is 0 Å². The number of hydrogen-bond acceptors (Lipinski definition) is 4. The monoisotopic (exact) mass is 299 g/mol. The Labute approximate surface area is 120 Å². The van der Waals surface area contributed by atoms with E-state index in [0.717, 1.165) is 5.56 Å². The Bertz CT molecular complexity index is 558. The lowest BCUT2D eigenvalue weighted by Gasteiger charge is -2.35. The topological polar surface area (TPSA) is 66.8 Å². The van der Waals surface area contributed by atoms with Gasteiger partial charge in [0, 0.05) is 12.6 Å². The molecule has 0 bridgehead atoms. The summed E-state index contributed by atoms with van der Waals surface area (Å²) in [4.78, 5) is 0. The summed E-state index contributed by atoms with van der Waals surface area (Å²) in [5, 5.41) is 9.11. The van der Waals surface area contributed by atoms with Gasteiger partial charge in [0.2, 0.25) is 10.0 Å². The number of rotatable bonds is 4. The van der Waals surface area contributed by atoms with Crippen LogP contribution in [0.25, 0.3) is 0 Å². The third kappa shape index (κ3) is 3.58. The number of aliphatic hydroxyl groups excluding tert-OH is 1. The summed E-state index contributed by atoms with van der Waals surface area (Å²) in [7, 11) is -3.37. The molecule has 1 aromatic rings. The van der Waals surface area contributed by atoms with Gasteiger partial charge in [-0.2, -0.15) is 4.31 Å². The molecule has 0 aromatic heterocycles. The van der Waals surface area contributed by atoms with Gasteiger partial charge in [-0.1, -0.05) is 24.3 Å². The second kappa shape index (κ2) is 6.22. The van der Waals surface area contributed by atoms with Gasteiger partial charge in [0.05, 0.1) is 25.1 Å². The van der Waals surface area contributed by atoms with Crippen LogP contribution in [0.5, 0.6) is 0 Å². The molecule has 1 aliphatic rings. The van der Waals surface area contributed by atoms with Gasteiger partial charge in [0.25, 0.3) is 0 Å². The number of hydrogen-bond donors (Lipinski definition) is 1. The Kier molecular flexibility index (Phi) is 4.80. The third-order valence-electron chi connectivity index (χ3n) is 3.43. The molecular formula is C14H21NO4S. The zero-order valence-corrected chi connectivity index (χ0v) is 12.6. The van der Waals surface area contributed by atoms with E-state index in [1.807, 2.05) is 13.8 Å². The van der Waals surface area contributed by atoms with Crippen molar-refractivity contribution in [2.75, 3.05) is 13.2 Å². The molecule has 1 N–H and O–H groups in total. The van der Waals surface area contributed by atoms with Crippen LogP contribution in [0.4, 0.5) is 0 Å². The standard InChI is InChI=1S/C14H21NO4S/c1-11-9-19-12(2)7-15(11)20(17,18)10-14-5-3-4-13(6-14)8-16/h3-6,11-12,16H,7-10H2,1-2H3. The van der Waals surface area contributed by atoms with Crippen molar-refractivity contribution < 1.29 is 18.3 Å². The Hall–Kier alpha value is -0.950. The van der Waals surface area contributed by atoms with E-state index >= 15 is 0 Å². The molecule has 1 heterocycles. The Balaban J connectivity index is 2.17. The first kappa shape index (κ1) is 15.4. The van der Waals surface area contributed by atoms with E-state index in [2.05, 4.69) is 0 Å². The molecule has 1 fully saturated rings. The number of aliphatic hydroxyl groups is 1. The Morgan fingerprint density at radius 3 is 2.75 bits per heavy atom. The first-order chi connectivity index (χ1) is 9.42. The summed E-state index contributed by atoms with van der Waals surface area (Å²) in [5.74, 6) is -0.0438. The zero-order chi connectivity index (χ0) is 14.8. The summed E-state index contributed by atoms with van der Waals surface area (Å²) >= 11 is 0. The van der Waals surface area contributed by atoms with Crippen LogP contribution in [0.15, 0.2) is 24.3 Å². The van der Waals surface area contributed by atoms with Gasteiger partial charge in [-0.3, -0.25) is 0 Å². The van der Waals surface area contributed by atoms with Crippen molar-refractivity contribution in [3.8, 4) is 0 Å². The molecule has 0 amide bonds. The number of benzene rings is 1. The van der Waals surface area contributed by atoms with Crippen molar-refractivity contribution in [2.45, 2.75) is 38.4 Å². The van der Waals surface area contributed by atoms with Crippen molar-refractivity contribution in [1.29, 1.82) is 0 Å². The summed E-state index contributed by atoms with van der Waals surface area (Å²) in [6.45, 7) is 4.47. The normalized spacial score (nSPS) is 24.8. The number of sulfonamides is 1. The van der Waals surface area contributed by atoms with Crippen LogP contribution in [0.1, 0.15) is 25.0 Å². The highest BCUT2D eigenvalue weighted by atomic mass is 32.2. The SMILES string of the molecule is CC1CN(S(=O)(=O)Cc2cccc(CO)c2)C(C)CO1. The average molecular weight is 299 g/mol. The fourth-order valence-electron chi connectivity index (χ4n) is 2.37. The van der Waals surface area contributed by atoms with E-state index in [-0.39, 0.29) is 24.5 Å². The Morgan fingerprint density at radius 1 is 1.35 bits per heavy atom. The fraction of sp³-hybridized carbons (Fsp3) is 0.571. The van der Waals surface area contributed by atoms with Gasteiger partial charge in [-0.25, -0.2) is 8.42 Å². The van der Waals surface area contributed by atoms with Crippen LogP contribution in [0.2, 0.25) is 0 Å². The van der Waals surface area contributed by atoms with Gasteiger partial charge in [-0.15, -0.1) is 0 Å². The molecule has 1 aromatic carbocycles. The summed E-state index contributed by atoms with van der Waals surface area (Å²) in [5.41, 5.74) is 1.42. The molecule has 5 nitrogen and oxygen atoms in total. The van der Waals surface area contributed by atoms with Crippen LogP contribution in [-0.4, -0.2) is 43.1 Å². The summed E-state index contributed by atoms with van der Waals surface area (Å²) in [6.07, 6.45) is -0.0789. The molecule has 6 heteroatoms. The maximum absolute atomic E-state index is 12.5. The predicted molar refractivity (Wildman–Crippen MR) is 76.6 cm³/mol. The van der Waals surface area contributed by atoms with Gasteiger partial charge in [0.1, 0.15) is 0 Å². The van der Waals surface area contributed by atoms with Gasteiger partial charge < -0.3 is 9.84 Å². The minimum absolute atomic E-state index is 0.0438. The van der Waals surface area contributed by atoms with Crippen LogP contribution in [0, 0.1) is 0 Å². The molecule has 112 valence electrons. The number of nitrogens with zero attached hydrogens (tertiary/aromatic N) is 1. The van der Waals surface area contributed by atoms with Crippen molar-refractivity contribution in [2.24, 2.45) is 0 Å². The highest BCUT2D eigenvalue weighted by molar-refractivity contribution is 7.88. The minimum Gasteiger partial charge on any atom is -0.392 e. The van der Waals surface area contributed by atoms with E-state index in [0.29, 0.717) is 18.7 Å². The fourth-order valence-corrected chi connectivity index (χ4v) is 4.18. The number of morpholine rings is 1. The van der Waals surface area contributed by atoms with Crippen LogP contribution in [0.3, 0.4) is 0 Å². The Morgan fingerprint density at radius 2 is 2.05 bits per heavy atom. The van der Waals surface area contributed by atoms with E-state index in [1.165, 1.54) is 4.31 Å². The lowest BCUT2D eigenvalue weighted by atomic mass is 10.1. The van der Waals surface area contributed by atoms with E-state index in [4.69, 9.17) is 9.84 Å². The summed E-state index contributed by atoms with van der Waals surface area (Å²) < 4.78 is 32.0. The molecular weight excluding hydrogens is 278 g/mol. The molecule has 0 spiro atoms. The second-order valence-corrected chi connectivity index (χ2v) is 7.22. The molecule has 2 unspecified atom stereocenters. The highest BCUT2D eigenvalue weighted by Gasteiger charge is 2.32. The molecule has 0 radical (unpaired) electrons. The molecule has 2 atom stereocenters. The quantitative estimate of drug-likeness (QED) is 0.904. The van der Waals surface area contributed by atoms with Crippen molar-refractivity contribution in [3.05, 3.63) is 35.4 Å². The predicted octanol–water partition coefficient (Wildman–Crippen LogP) is 1.12. The molecule has 1 saturated heterocycles. The van der Waals surface area contributed by atoms with Crippen molar-refractivity contribution in [1.82, 2.24) is 4.31 Å². The first-order valence-corrected chi connectivity index (χ1v) is 8.33.